The second kappa shape index (κ2) is 11.5. The van der Waals surface area contributed by atoms with E-state index in [9.17, 15) is 4.79 Å². The van der Waals surface area contributed by atoms with E-state index in [0.29, 0.717) is 36.1 Å². The first-order valence-corrected chi connectivity index (χ1v) is 13.8. The summed E-state index contributed by atoms with van der Waals surface area (Å²) in [5, 5.41) is 16.0. The Balaban J connectivity index is 1.41. The zero-order chi connectivity index (χ0) is 28.3. The number of hydrogen-bond acceptors (Lipinski definition) is 7. The minimum absolute atomic E-state index is 0.144. The third-order valence-electron chi connectivity index (χ3n) is 7.96. The molecule has 10 heteroatoms. The van der Waals surface area contributed by atoms with E-state index in [0.717, 1.165) is 41.1 Å². The lowest BCUT2D eigenvalue weighted by Gasteiger charge is -2.41. The van der Waals surface area contributed by atoms with Gasteiger partial charge in [-0.1, -0.05) is 50.7 Å². The van der Waals surface area contributed by atoms with Gasteiger partial charge in [0.15, 0.2) is 0 Å². The molecule has 0 bridgehead atoms. The number of benzene rings is 2. The zero-order valence-electron chi connectivity index (χ0n) is 23.7. The molecule has 40 heavy (non-hydrogen) atoms. The number of nitrogens with zero attached hydrogens (tertiary/aromatic N) is 6. The highest BCUT2D eigenvalue weighted by atomic mass is 16.5. The molecule has 0 saturated heterocycles. The highest BCUT2D eigenvalue weighted by Gasteiger charge is 2.33. The third kappa shape index (κ3) is 6.00. The predicted molar refractivity (Wildman–Crippen MR) is 156 cm³/mol. The molecule has 2 aromatic heterocycles. The minimum Gasteiger partial charge on any atom is -0.489 e. The van der Waals surface area contributed by atoms with Crippen LogP contribution >= 0.6 is 0 Å². The van der Waals surface area contributed by atoms with Crippen LogP contribution in [0.1, 0.15) is 62.4 Å². The average Bonchev–Trinajstić information content (AvgIpc) is 3.58. The van der Waals surface area contributed by atoms with E-state index in [1.165, 1.54) is 12.8 Å². The molecular formula is C30H38N8O2. The number of H-pyrrole nitrogens is 1. The molecule has 1 fully saturated rings. The van der Waals surface area contributed by atoms with Crippen molar-refractivity contribution in [3.05, 3.63) is 66.2 Å². The number of imidazole rings is 1. The second-order valence-corrected chi connectivity index (χ2v) is 11.6. The van der Waals surface area contributed by atoms with E-state index in [1.54, 1.807) is 6.08 Å². The molecule has 2 heterocycles. The summed E-state index contributed by atoms with van der Waals surface area (Å²) in [6, 6.07) is 14.1. The average molecular weight is 543 g/mol. The molecular weight excluding hydrogens is 504 g/mol. The second-order valence-electron chi connectivity index (χ2n) is 11.6. The maximum atomic E-state index is 12.6. The highest BCUT2D eigenvalue weighted by molar-refractivity contribution is 6.03. The Morgan fingerprint density at radius 2 is 1.93 bits per heavy atom. The summed E-state index contributed by atoms with van der Waals surface area (Å²) in [5.41, 5.74) is 3.91. The van der Waals surface area contributed by atoms with Gasteiger partial charge < -0.3 is 14.2 Å². The van der Waals surface area contributed by atoms with E-state index in [-0.39, 0.29) is 11.9 Å². The van der Waals surface area contributed by atoms with E-state index in [1.807, 2.05) is 36.4 Å². The lowest BCUT2D eigenvalue weighted by atomic mass is 9.71. The lowest BCUT2D eigenvalue weighted by Crippen LogP contribution is -2.41. The van der Waals surface area contributed by atoms with E-state index >= 15 is 0 Å². The molecule has 2 aromatic carbocycles. The predicted octanol–water partition coefficient (Wildman–Crippen LogP) is 5.52. The lowest BCUT2D eigenvalue weighted by molar-refractivity contribution is 0.102. The van der Waals surface area contributed by atoms with Crippen molar-refractivity contribution in [1.29, 1.82) is 0 Å². The number of anilines is 2. The molecule has 1 aliphatic rings. The summed E-state index contributed by atoms with van der Waals surface area (Å²) >= 11 is 0. The normalized spacial score (nSPS) is 17.5. The van der Waals surface area contributed by atoms with Crippen LogP contribution < -0.4 is 15.0 Å². The van der Waals surface area contributed by atoms with E-state index in [4.69, 9.17) is 9.72 Å². The maximum Gasteiger partial charge on any atom is 0.270 e. The molecule has 1 aliphatic carbocycles. The van der Waals surface area contributed by atoms with Crippen molar-refractivity contribution in [2.75, 3.05) is 16.8 Å². The fourth-order valence-corrected chi connectivity index (χ4v) is 5.63. The van der Waals surface area contributed by atoms with E-state index in [2.05, 4.69) is 75.9 Å². The Morgan fingerprint density at radius 3 is 2.58 bits per heavy atom. The standard InChI is InChI=1S/C30H38N8O2/c1-6-17-40-24-15-16-26-25(18-24)31-29(37(26)5)38(23-13-11-22(12-14-23)30(2,3)4)19-20-7-9-21(10-8-20)27(39)32-28-33-35-36-34-28/h6-10,15-16,18,22-23H,1,11-14,17,19H2,2-5H3,(H2,32,33,34,35,36,39). The van der Waals surface area contributed by atoms with Gasteiger partial charge >= 0.3 is 0 Å². The van der Waals surface area contributed by atoms with Crippen molar-refractivity contribution in [3.63, 3.8) is 0 Å². The Bertz CT molecular complexity index is 1450. The Kier molecular flexibility index (Phi) is 7.86. The summed E-state index contributed by atoms with van der Waals surface area (Å²) < 4.78 is 7.94. The first kappa shape index (κ1) is 27.4. The Hall–Kier alpha value is -4.21. The Labute approximate surface area is 234 Å². The quantitative estimate of drug-likeness (QED) is 0.268. The van der Waals surface area contributed by atoms with E-state index < -0.39 is 0 Å². The van der Waals surface area contributed by atoms with Crippen LogP contribution in [-0.4, -0.2) is 48.7 Å². The number of fused-ring (bicyclic) bond motifs is 1. The number of aromatic amines is 1. The van der Waals surface area contributed by atoms with Crippen LogP contribution in [0.25, 0.3) is 11.0 Å². The third-order valence-corrected chi connectivity index (χ3v) is 7.96. The number of carbonyl (C=O) groups is 1. The Morgan fingerprint density at radius 1 is 1.18 bits per heavy atom. The number of nitrogens with one attached hydrogen (secondary N) is 2. The first-order chi connectivity index (χ1) is 19.2. The van der Waals surface area contributed by atoms with Gasteiger partial charge in [0.2, 0.25) is 5.95 Å². The number of tetrazole rings is 1. The van der Waals surface area contributed by atoms with Crippen LogP contribution in [-0.2, 0) is 13.6 Å². The van der Waals surface area contributed by atoms with Gasteiger partial charge in [0.05, 0.1) is 11.0 Å². The molecule has 0 aliphatic heterocycles. The monoisotopic (exact) mass is 542 g/mol. The number of aromatic nitrogens is 6. The molecule has 0 spiro atoms. The summed E-state index contributed by atoms with van der Waals surface area (Å²) in [5.74, 6) is 2.30. The van der Waals surface area contributed by atoms with Gasteiger partial charge in [-0.15, -0.1) is 5.10 Å². The van der Waals surface area contributed by atoms with Crippen molar-refractivity contribution in [2.45, 2.75) is 59.0 Å². The molecule has 10 nitrogen and oxygen atoms in total. The fraction of sp³-hybridized carbons (Fsp3) is 0.433. The van der Waals surface area contributed by atoms with Gasteiger partial charge in [0.25, 0.3) is 11.9 Å². The van der Waals surface area contributed by atoms with Gasteiger partial charge in [-0.2, -0.15) is 5.21 Å². The molecule has 5 rings (SSSR count). The number of carbonyl (C=O) groups excluding carboxylic acids is 1. The van der Waals surface area contributed by atoms with Crippen LogP contribution in [0, 0.1) is 11.3 Å². The fourth-order valence-electron chi connectivity index (χ4n) is 5.63. The van der Waals surface area contributed by atoms with Crippen molar-refractivity contribution in [3.8, 4) is 5.75 Å². The number of hydrogen-bond donors (Lipinski definition) is 2. The van der Waals surface area contributed by atoms with Crippen molar-refractivity contribution < 1.29 is 9.53 Å². The molecule has 0 unspecified atom stereocenters. The molecule has 210 valence electrons. The summed E-state index contributed by atoms with van der Waals surface area (Å²) in [7, 11) is 2.08. The molecule has 1 amide bonds. The molecule has 1 saturated carbocycles. The summed E-state index contributed by atoms with van der Waals surface area (Å²) in [4.78, 5) is 20.1. The van der Waals surface area contributed by atoms with Crippen molar-refractivity contribution in [2.24, 2.45) is 18.4 Å². The minimum atomic E-state index is -0.282. The van der Waals surface area contributed by atoms with Gasteiger partial charge in [-0.3, -0.25) is 10.1 Å². The zero-order valence-corrected chi connectivity index (χ0v) is 23.7. The van der Waals surface area contributed by atoms with Crippen LogP contribution in [0.2, 0.25) is 0 Å². The summed E-state index contributed by atoms with van der Waals surface area (Å²) in [6.07, 6.45) is 6.37. The van der Waals surface area contributed by atoms with Crippen molar-refractivity contribution >= 4 is 28.8 Å². The number of amides is 1. The molecule has 0 atom stereocenters. The van der Waals surface area contributed by atoms with Gasteiger partial charge in [-0.25, -0.2) is 4.98 Å². The maximum absolute atomic E-state index is 12.6. The first-order valence-electron chi connectivity index (χ1n) is 13.8. The topological polar surface area (TPSA) is 114 Å². The smallest absolute Gasteiger partial charge is 0.270 e. The molecule has 4 aromatic rings. The van der Waals surface area contributed by atoms with Crippen LogP contribution in [0.15, 0.2) is 55.1 Å². The van der Waals surface area contributed by atoms with Gasteiger partial charge in [0.1, 0.15) is 12.4 Å². The number of rotatable bonds is 9. The van der Waals surface area contributed by atoms with Gasteiger partial charge in [0, 0.05) is 31.3 Å². The summed E-state index contributed by atoms with van der Waals surface area (Å²) in [6.45, 7) is 11.9. The molecule has 2 N–H and O–H groups in total. The largest absolute Gasteiger partial charge is 0.489 e. The SMILES string of the molecule is C=CCOc1ccc2c(c1)nc(N(Cc1ccc(C(=O)Nc3nn[nH]n3)cc1)C1CCC(C(C)(C)C)CC1)n2C. The van der Waals surface area contributed by atoms with Crippen LogP contribution in [0.5, 0.6) is 5.75 Å². The number of aryl methyl sites for hydroxylation is 1. The van der Waals surface area contributed by atoms with Crippen molar-refractivity contribution in [1.82, 2.24) is 30.2 Å². The van der Waals surface area contributed by atoms with Crippen LogP contribution in [0.4, 0.5) is 11.9 Å². The van der Waals surface area contributed by atoms with Crippen LogP contribution in [0.3, 0.4) is 0 Å². The van der Waals surface area contributed by atoms with Gasteiger partial charge in [-0.05, 0) is 72.1 Å². The number of ether oxygens (including phenoxy) is 1. The molecule has 0 radical (unpaired) electrons. The highest BCUT2D eigenvalue weighted by Crippen LogP contribution is 2.40.